The Balaban J connectivity index is 0.00000144. The molecule has 1 nitrogen and oxygen atoms in total. The van der Waals surface area contributed by atoms with Crippen molar-refractivity contribution in [3.63, 3.8) is 0 Å². The molecular formula is C12H15ClF3N. The molecule has 0 radical (unpaired) electrons. The lowest BCUT2D eigenvalue weighted by molar-refractivity contribution is 0.339. The summed E-state index contributed by atoms with van der Waals surface area (Å²) >= 11 is 0. The second-order valence-electron chi connectivity index (χ2n) is 4.36. The monoisotopic (exact) mass is 265 g/mol. The van der Waals surface area contributed by atoms with Crippen molar-refractivity contribution in [2.75, 3.05) is 13.1 Å². The lowest BCUT2D eigenvalue weighted by Crippen LogP contribution is -2.34. The van der Waals surface area contributed by atoms with Gasteiger partial charge >= 0.3 is 0 Å². The molecule has 0 aliphatic carbocycles. The van der Waals surface area contributed by atoms with Gasteiger partial charge in [0.2, 0.25) is 0 Å². The molecule has 1 aromatic rings. The number of hydrogen-bond donors (Lipinski definition) is 1. The molecule has 5 heteroatoms. The Morgan fingerprint density at radius 3 is 2.41 bits per heavy atom. The first-order chi connectivity index (χ1) is 7.59. The van der Waals surface area contributed by atoms with E-state index in [1.54, 1.807) is 0 Å². The summed E-state index contributed by atoms with van der Waals surface area (Å²) in [6.07, 6.45) is 0.753. The van der Waals surface area contributed by atoms with Gasteiger partial charge < -0.3 is 5.32 Å². The molecule has 1 heterocycles. The van der Waals surface area contributed by atoms with Gasteiger partial charge in [0.05, 0.1) is 0 Å². The number of hydrogen-bond acceptors (Lipinski definition) is 1. The van der Waals surface area contributed by atoms with Crippen molar-refractivity contribution in [1.82, 2.24) is 5.32 Å². The van der Waals surface area contributed by atoms with Crippen molar-refractivity contribution >= 4 is 12.4 Å². The van der Waals surface area contributed by atoms with Gasteiger partial charge in [0.1, 0.15) is 5.82 Å². The van der Waals surface area contributed by atoms with Crippen LogP contribution in [0.4, 0.5) is 13.2 Å². The summed E-state index contributed by atoms with van der Waals surface area (Å²) < 4.78 is 39.4. The highest BCUT2D eigenvalue weighted by atomic mass is 35.5. The number of nitrogens with one attached hydrogen (secondary N) is 1. The maximum absolute atomic E-state index is 13.6. The third-order valence-corrected chi connectivity index (χ3v) is 3.22. The van der Waals surface area contributed by atoms with Crippen LogP contribution in [0.1, 0.15) is 24.8 Å². The van der Waals surface area contributed by atoms with Crippen LogP contribution >= 0.6 is 12.4 Å². The zero-order valence-corrected chi connectivity index (χ0v) is 10.3. The van der Waals surface area contributed by atoms with Crippen molar-refractivity contribution in [1.29, 1.82) is 0 Å². The predicted molar refractivity (Wildman–Crippen MR) is 63.0 cm³/mol. The lowest BCUT2D eigenvalue weighted by Gasteiger charge is -2.30. The Bertz CT molecular complexity index is 398. The summed E-state index contributed by atoms with van der Waals surface area (Å²) in [6, 6.07) is 1.64. The molecule has 0 amide bonds. The minimum Gasteiger partial charge on any atom is -0.316 e. The molecule has 1 aliphatic rings. The summed E-state index contributed by atoms with van der Waals surface area (Å²) in [6.45, 7) is 3.55. The quantitative estimate of drug-likeness (QED) is 0.769. The molecule has 2 unspecified atom stereocenters. The first kappa shape index (κ1) is 14.3. The van der Waals surface area contributed by atoms with Crippen LogP contribution in [0.2, 0.25) is 0 Å². The average molecular weight is 266 g/mol. The van der Waals surface area contributed by atoms with E-state index in [1.807, 2.05) is 6.92 Å². The van der Waals surface area contributed by atoms with Crippen molar-refractivity contribution in [2.24, 2.45) is 5.92 Å². The van der Waals surface area contributed by atoms with Gasteiger partial charge in [-0.25, -0.2) is 13.2 Å². The standard InChI is InChI=1S/C12H14F3N.ClH/c1-7-6-16-3-2-8(7)9-4-11(14)12(15)5-10(9)13;/h4-5,7-8,16H,2-3,6H2,1H3;1H. The highest BCUT2D eigenvalue weighted by Crippen LogP contribution is 2.32. The van der Waals surface area contributed by atoms with Crippen molar-refractivity contribution in [2.45, 2.75) is 19.3 Å². The van der Waals surface area contributed by atoms with E-state index in [-0.39, 0.29) is 24.2 Å². The molecule has 0 bridgehead atoms. The van der Waals surface area contributed by atoms with E-state index in [0.29, 0.717) is 11.6 Å². The van der Waals surface area contributed by atoms with Crippen molar-refractivity contribution in [3.05, 3.63) is 35.1 Å². The maximum Gasteiger partial charge on any atom is 0.161 e. The Morgan fingerprint density at radius 2 is 1.76 bits per heavy atom. The summed E-state index contributed by atoms with van der Waals surface area (Å²) in [5.74, 6) is -2.54. The molecule has 1 saturated heterocycles. The van der Waals surface area contributed by atoms with Gasteiger partial charge in [-0.3, -0.25) is 0 Å². The maximum atomic E-state index is 13.6. The largest absolute Gasteiger partial charge is 0.316 e. The number of halogens is 4. The van der Waals surface area contributed by atoms with Crippen LogP contribution < -0.4 is 5.32 Å². The second-order valence-corrected chi connectivity index (χ2v) is 4.36. The van der Waals surface area contributed by atoms with Gasteiger partial charge in [-0.1, -0.05) is 6.92 Å². The Morgan fingerprint density at radius 1 is 1.12 bits per heavy atom. The minimum absolute atomic E-state index is 0. The van der Waals surface area contributed by atoms with Crippen LogP contribution in [0, 0.1) is 23.4 Å². The zero-order valence-electron chi connectivity index (χ0n) is 9.47. The molecule has 17 heavy (non-hydrogen) atoms. The van der Waals surface area contributed by atoms with Crippen LogP contribution in [-0.2, 0) is 0 Å². The molecule has 96 valence electrons. The van der Waals surface area contributed by atoms with Gasteiger partial charge in [-0.2, -0.15) is 0 Å². The lowest BCUT2D eigenvalue weighted by atomic mass is 9.82. The number of benzene rings is 1. The van der Waals surface area contributed by atoms with E-state index in [1.165, 1.54) is 0 Å². The minimum atomic E-state index is -1.12. The van der Waals surface area contributed by atoms with Crippen LogP contribution in [0.25, 0.3) is 0 Å². The SMILES string of the molecule is CC1CNCCC1c1cc(F)c(F)cc1F.Cl. The summed E-state index contributed by atoms with van der Waals surface area (Å²) in [4.78, 5) is 0. The molecule has 2 rings (SSSR count). The van der Waals surface area contributed by atoms with Gasteiger partial charge in [0.25, 0.3) is 0 Å². The number of rotatable bonds is 1. The molecule has 0 saturated carbocycles. The second kappa shape index (κ2) is 5.74. The Labute approximate surface area is 105 Å². The van der Waals surface area contributed by atoms with Gasteiger partial charge in [0.15, 0.2) is 11.6 Å². The molecule has 1 fully saturated rings. The third kappa shape index (κ3) is 2.93. The van der Waals surface area contributed by atoms with Crippen molar-refractivity contribution < 1.29 is 13.2 Å². The Hall–Kier alpha value is -0.740. The fraction of sp³-hybridized carbons (Fsp3) is 0.500. The van der Waals surface area contributed by atoms with E-state index < -0.39 is 17.5 Å². The molecule has 2 atom stereocenters. The van der Waals surface area contributed by atoms with Crippen LogP contribution in [0.3, 0.4) is 0 Å². The normalized spacial score (nSPS) is 24.2. The van der Waals surface area contributed by atoms with Gasteiger partial charge in [-0.15, -0.1) is 12.4 Å². The van der Waals surface area contributed by atoms with Gasteiger partial charge in [0, 0.05) is 6.07 Å². The van der Waals surface area contributed by atoms with Crippen LogP contribution in [0.5, 0.6) is 0 Å². The predicted octanol–water partition coefficient (Wildman–Crippen LogP) is 3.24. The fourth-order valence-electron chi connectivity index (χ4n) is 2.30. The zero-order chi connectivity index (χ0) is 11.7. The van der Waals surface area contributed by atoms with E-state index in [4.69, 9.17) is 0 Å². The molecule has 0 aromatic heterocycles. The highest BCUT2D eigenvalue weighted by molar-refractivity contribution is 5.85. The molecule has 1 N–H and O–H groups in total. The third-order valence-electron chi connectivity index (χ3n) is 3.22. The summed E-state index contributed by atoms with van der Waals surface area (Å²) in [5, 5.41) is 3.19. The summed E-state index contributed by atoms with van der Waals surface area (Å²) in [7, 11) is 0. The highest BCUT2D eigenvalue weighted by Gasteiger charge is 2.26. The summed E-state index contributed by atoms with van der Waals surface area (Å²) in [5.41, 5.74) is 0.299. The molecular weight excluding hydrogens is 251 g/mol. The smallest absolute Gasteiger partial charge is 0.161 e. The molecule has 1 aromatic carbocycles. The number of piperidine rings is 1. The topological polar surface area (TPSA) is 12.0 Å². The van der Waals surface area contributed by atoms with Crippen molar-refractivity contribution in [3.8, 4) is 0 Å². The first-order valence-electron chi connectivity index (χ1n) is 5.44. The van der Waals surface area contributed by atoms with Gasteiger partial charge in [-0.05, 0) is 43.0 Å². The molecule has 0 spiro atoms. The molecule has 1 aliphatic heterocycles. The van der Waals surface area contributed by atoms with E-state index in [0.717, 1.165) is 25.6 Å². The van der Waals surface area contributed by atoms with Crippen LogP contribution in [-0.4, -0.2) is 13.1 Å². The van der Waals surface area contributed by atoms with Crippen LogP contribution in [0.15, 0.2) is 12.1 Å². The van der Waals surface area contributed by atoms with E-state index in [9.17, 15) is 13.2 Å². The first-order valence-corrected chi connectivity index (χ1v) is 5.44. The Kier molecular flexibility index (Phi) is 4.83. The average Bonchev–Trinajstić information content (AvgIpc) is 2.25. The fourth-order valence-corrected chi connectivity index (χ4v) is 2.30. The van der Waals surface area contributed by atoms with E-state index in [2.05, 4.69) is 5.32 Å². The van der Waals surface area contributed by atoms with E-state index >= 15 is 0 Å².